The second-order valence-corrected chi connectivity index (χ2v) is 5.84. The van der Waals surface area contributed by atoms with Gasteiger partial charge in [-0.05, 0) is 42.5 Å². The smallest absolute Gasteiger partial charge is 0.305 e. The molecule has 0 aliphatic heterocycles. The summed E-state index contributed by atoms with van der Waals surface area (Å²) in [4.78, 5) is 24.6. The molecule has 0 unspecified atom stereocenters. The molecule has 29 heavy (non-hydrogen) atoms. The Balaban J connectivity index is 1.57. The third-order valence-electron chi connectivity index (χ3n) is 3.95. The minimum Gasteiger partial charge on any atom is -0.497 e. The molecule has 0 saturated heterocycles. The van der Waals surface area contributed by atoms with Gasteiger partial charge < -0.3 is 18.6 Å². The van der Waals surface area contributed by atoms with Crippen LogP contribution in [0.2, 0.25) is 0 Å². The monoisotopic (exact) mass is 396 g/mol. The first-order valence-corrected chi connectivity index (χ1v) is 8.70. The van der Waals surface area contributed by atoms with Crippen molar-refractivity contribution < 1.29 is 28.2 Å². The second-order valence-electron chi connectivity index (χ2n) is 5.84. The summed E-state index contributed by atoms with van der Waals surface area (Å²) in [6.45, 7) is 0.171. The van der Waals surface area contributed by atoms with Gasteiger partial charge in [-0.2, -0.15) is 0 Å². The van der Waals surface area contributed by atoms with E-state index in [1.165, 1.54) is 26.4 Å². The third kappa shape index (κ3) is 5.07. The summed E-state index contributed by atoms with van der Waals surface area (Å²) in [7, 11) is 2.93. The SMILES string of the molecule is COc1ccc(OC)c(C(=O)NNC(=O)c2ccc(COc3ccccc3)o2)c1. The maximum Gasteiger partial charge on any atom is 0.305 e. The van der Waals surface area contributed by atoms with Crippen molar-refractivity contribution in [2.75, 3.05) is 14.2 Å². The minimum absolute atomic E-state index is 0.0366. The predicted octanol–water partition coefficient (Wildman–Crippen LogP) is 2.95. The average molecular weight is 396 g/mol. The molecule has 1 heterocycles. The van der Waals surface area contributed by atoms with Gasteiger partial charge in [0.1, 0.15) is 29.6 Å². The van der Waals surface area contributed by atoms with Crippen LogP contribution in [0.15, 0.2) is 65.1 Å². The summed E-state index contributed by atoms with van der Waals surface area (Å²) >= 11 is 0. The Morgan fingerprint density at radius 1 is 0.862 bits per heavy atom. The number of hydrogen-bond acceptors (Lipinski definition) is 6. The number of methoxy groups -OCH3 is 2. The number of benzene rings is 2. The lowest BCUT2D eigenvalue weighted by Crippen LogP contribution is -2.41. The highest BCUT2D eigenvalue weighted by Gasteiger charge is 2.16. The van der Waals surface area contributed by atoms with Crippen LogP contribution in [0.4, 0.5) is 0 Å². The van der Waals surface area contributed by atoms with Crippen molar-refractivity contribution >= 4 is 11.8 Å². The summed E-state index contributed by atoms with van der Waals surface area (Å²) in [5.41, 5.74) is 4.84. The maximum atomic E-state index is 12.4. The Kier molecular flexibility index (Phi) is 6.36. The molecule has 3 rings (SSSR count). The van der Waals surface area contributed by atoms with E-state index in [-0.39, 0.29) is 17.9 Å². The van der Waals surface area contributed by atoms with Gasteiger partial charge in [-0.25, -0.2) is 0 Å². The van der Waals surface area contributed by atoms with Crippen LogP contribution >= 0.6 is 0 Å². The van der Waals surface area contributed by atoms with E-state index in [4.69, 9.17) is 18.6 Å². The van der Waals surface area contributed by atoms with Crippen molar-refractivity contribution in [3.05, 3.63) is 77.7 Å². The fourth-order valence-electron chi connectivity index (χ4n) is 2.48. The van der Waals surface area contributed by atoms with Gasteiger partial charge in [0, 0.05) is 0 Å². The van der Waals surface area contributed by atoms with Gasteiger partial charge in [0.15, 0.2) is 5.76 Å². The number of furan rings is 1. The normalized spacial score (nSPS) is 10.1. The summed E-state index contributed by atoms with van der Waals surface area (Å²) < 4.78 is 21.3. The van der Waals surface area contributed by atoms with Crippen molar-refractivity contribution in [3.63, 3.8) is 0 Å². The molecule has 0 bridgehead atoms. The number of ether oxygens (including phenoxy) is 3. The maximum absolute atomic E-state index is 12.4. The van der Waals surface area contributed by atoms with Crippen molar-refractivity contribution in [2.45, 2.75) is 6.61 Å². The quantitative estimate of drug-likeness (QED) is 0.596. The highest BCUT2D eigenvalue weighted by molar-refractivity contribution is 6.00. The molecular weight excluding hydrogens is 376 g/mol. The van der Waals surface area contributed by atoms with Gasteiger partial charge in [0.05, 0.1) is 19.8 Å². The van der Waals surface area contributed by atoms with E-state index >= 15 is 0 Å². The molecule has 0 fully saturated rings. The van der Waals surface area contributed by atoms with E-state index in [1.54, 1.807) is 18.2 Å². The number of carbonyl (C=O) groups is 2. The molecule has 2 amide bonds. The number of rotatable bonds is 7. The highest BCUT2D eigenvalue weighted by Crippen LogP contribution is 2.23. The van der Waals surface area contributed by atoms with Crippen LogP contribution in [-0.4, -0.2) is 26.0 Å². The lowest BCUT2D eigenvalue weighted by molar-refractivity contribution is 0.0827. The molecule has 150 valence electrons. The molecule has 8 heteroatoms. The van der Waals surface area contributed by atoms with Gasteiger partial charge in [0.25, 0.3) is 5.91 Å². The molecule has 1 aromatic heterocycles. The molecule has 3 aromatic rings. The zero-order valence-electron chi connectivity index (χ0n) is 15.9. The zero-order valence-corrected chi connectivity index (χ0v) is 15.9. The summed E-state index contributed by atoms with van der Waals surface area (Å²) in [5, 5.41) is 0. The molecule has 0 aliphatic carbocycles. The number of nitrogens with one attached hydrogen (secondary N) is 2. The van der Waals surface area contributed by atoms with E-state index in [2.05, 4.69) is 10.9 Å². The molecule has 2 aromatic carbocycles. The lowest BCUT2D eigenvalue weighted by atomic mass is 10.2. The lowest BCUT2D eigenvalue weighted by Gasteiger charge is -2.11. The van der Waals surface area contributed by atoms with Crippen LogP contribution < -0.4 is 25.1 Å². The van der Waals surface area contributed by atoms with Crippen molar-refractivity contribution in [1.82, 2.24) is 10.9 Å². The van der Waals surface area contributed by atoms with Crippen LogP contribution in [-0.2, 0) is 6.61 Å². The molecule has 0 radical (unpaired) electrons. The first kappa shape index (κ1) is 19.8. The Morgan fingerprint density at radius 2 is 1.62 bits per heavy atom. The Bertz CT molecular complexity index is 984. The third-order valence-corrected chi connectivity index (χ3v) is 3.95. The largest absolute Gasteiger partial charge is 0.497 e. The number of hydrogen-bond donors (Lipinski definition) is 2. The van der Waals surface area contributed by atoms with Gasteiger partial charge >= 0.3 is 5.91 Å². The minimum atomic E-state index is -0.605. The van der Waals surface area contributed by atoms with E-state index in [0.717, 1.165) is 0 Å². The number of carbonyl (C=O) groups excluding carboxylic acids is 2. The van der Waals surface area contributed by atoms with Crippen molar-refractivity contribution in [1.29, 1.82) is 0 Å². The molecule has 0 aliphatic rings. The van der Waals surface area contributed by atoms with E-state index in [9.17, 15) is 9.59 Å². The molecule has 0 saturated carbocycles. The van der Waals surface area contributed by atoms with Gasteiger partial charge in [0.2, 0.25) is 0 Å². The standard InChI is InChI=1S/C21H20N2O6/c1-26-15-8-10-18(27-2)17(12-15)20(24)22-23-21(25)19-11-9-16(29-19)13-28-14-6-4-3-5-7-14/h3-12H,13H2,1-2H3,(H,22,24)(H,23,25). The highest BCUT2D eigenvalue weighted by atomic mass is 16.5. The molecule has 8 nitrogen and oxygen atoms in total. The zero-order chi connectivity index (χ0) is 20.6. The van der Waals surface area contributed by atoms with E-state index in [1.807, 2.05) is 30.3 Å². The molecule has 0 atom stereocenters. The van der Waals surface area contributed by atoms with Crippen LogP contribution in [0.5, 0.6) is 17.2 Å². The van der Waals surface area contributed by atoms with Gasteiger partial charge in [-0.1, -0.05) is 18.2 Å². The fraction of sp³-hybridized carbons (Fsp3) is 0.143. The molecule has 2 N–H and O–H groups in total. The van der Waals surface area contributed by atoms with E-state index in [0.29, 0.717) is 23.0 Å². The van der Waals surface area contributed by atoms with Crippen molar-refractivity contribution in [3.8, 4) is 17.2 Å². The van der Waals surface area contributed by atoms with Crippen LogP contribution in [0.25, 0.3) is 0 Å². The van der Waals surface area contributed by atoms with Crippen LogP contribution in [0, 0.1) is 0 Å². The Labute approximate surface area is 167 Å². The average Bonchev–Trinajstić information content (AvgIpc) is 3.25. The van der Waals surface area contributed by atoms with Crippen molar-refractivity contribution in [2.24, 2.45) is 0 Å². The molecule has 0 spiro atoms. The molecular formula is C21H20N2O6. The Morgan fingerprint density at radius 3 is 2.34 bits per heavy atom. The summed E-state index contributed by atoms with van der Waals surface area (Å²) in [6, 6.07) is 17.1. The van der Waals surface area contributed by atoms with E-state index < -0.39 is 11.8 Å². The van der Waals surface area contributed by atoms with Crippen LogP contribution in [0.1, 0.15) is 26.7 Å². The number of para-hydroxylation sites is 1. The van der Waals surface area contributed by atoms with Crippen LogP contribution in [0.3, 0.4) is 0 Å². The predicted molar refractivity (Wildman–Crippen MR) is 104 cm³/mol. The first-order chi connectivity index (χ1) is 14.1. The topological polar surface area (TPSA) is 99.0 Å². The second kappa shape index (κ2) is 9.32. The number of hydrazine groups is 1. The first-order valence-electron chi connectivity index (χ1n) is 8.70. The summed E-state index contributed by atoms with van der Waals surface area (Å²) in [6.07, 6.45) is 0. The summed E-state index contributed by atoms with van der Waals surface area (Å²) in [5.74, 6) is 0.857. The Hall–Kier alpha value is -3.94. The van der Waals surface area contributed by atoms with Gasteiger partial charge in [-0.3, -0.25) is 20.4 Å². The fourth-order valence-corrected chi connectivity index (χ4v) is 2.48. The van der Waals surface area contributed by atoms with Gasteiger partial charge in [-0.15, -0.1) is 0 Å². The number of amides is 2.